The molecule has 6 rings (SSSR count). The average molecular weight is 509 g/mol. The lowest BCUT2D eigenvalue weighted by atomic mass is 9.60. The van der Waals surface area contributed by atoms with Crippen molar-refractivity contribution < 1.29 is 27.8 Å². The van der Waals surface area contributed by atoms with Crippen LogP contribution in [0.1, 0.15) is 37.9 Å². The van der Waals surface area contributed by atoms with Crippen molar-refractivity contribution in [2.24, 2.45) is 0 Å². The lowest BCUT2D eigenvalue weighted by Gasteiger charge is -2.56. The maximum Gasteiger partial charge on any atom is 0.258 e. The summed E-state index contributed by atoms with van der Waals surface area (Å²) >= 11 is 5.65. The van der Waals surface area contributed by atoms with Crippen LogP contribution in [0.4, 0.5) is 13.2 Å². The molecular weight excluding hydrogens is 485 g/mol. The highest BCUT2D eigenvalue weighted by molar-refractivity contribution is 6.30. The van der Waals surface area contributed by atoms with Crippen molar-refractivity contribution in [3.8, 4) is 5.75 Å². The van der Waals surface area contributed by atoms with Crippen molar-refractivity contribution >= 4 is 28.5 Å². The highest BCUT2D eigenvalue weighted by atomic mass is 35.5. The fourth-order valence-electron chi connectivity index (χ4n) is 5.18. The molecule has 35 heavy (non-hydrogen) atoms. The predicted molar refractivity (Wildman–Crippen MR) is 122 cm³/mol. The number of aliphatic hydroxyl groups is 1. The first-order chi connectivity index (χ1) is 16.7. The molecule has 186 valence electrons. The van der Waals surface area contributed by atoms with E-state index in [-0.39, 0.29) is 22.9 Å². The Balaban J connectivity index is 1.17. The third-order valence-corrected chi connectivity index (χ3v) is 7.48. The number of hydrogen-bond donors (Lipinski definition) is 4. The summed E-state index contributed by atoms with van der Waals surface area (Å²) < 4.78 is 45.8. The largest absolute Gasteiger partial charge is 0.484 e. The Bertz CT molecular complexity index is 1240. The summed E-state index contributed by atoms with van der Waals surface area (Å²) in [6.07, 6.45) is 2.24. The number of benzene rings is 2. The van der Waals surface area contributed by atoms with Gasteiger partial charge in [-0.1, -0.05) is 11.6 Å². The summed E-state index contributed by atoms with van der Waals surface area (Å²) in [5.41, 5.74) is -0.325. The SMILES string of the molecule is O=C(COc1ccc(Cl)c(F)c1)NC12CCC(NCc3nc4cc(F)c(F)cc4[nH]3)(CC1)C[C@@H]2O. The summed E-state index contributed by atoms with van der Waals surface area (Å²) in [6.45, 7) is 0.0294. The second-order valence-corrected chi connectivity index (χ2v) is 9.80. The number of ether oxygens (including phenoxy) is 1. The fourth-order valence-corrected chi connectivity index (χ4v) is 5.29. The molecule has 0 radical (unpaired) electrons. The van der Waals surface area contributed by atoms with Gasteiger partial charge in [0, 0.05) is 23.7 Å². The van der Waals surface area contributed by atoms with Gasteiger partial charge in [0.05, 0.1) is 34.2 Å². The molecule has 1 heterocycles. The van der Waals surface area contributed by atoms with Gasteiger partial charge in [-0.3, -0.25) is 4.79 Å². The molecule has 0 spiro atoms. The van der Waals surface area contributed by atoms with Gasteiger partial charge in [0.25, 0.3) is 5.91 Å². The Morgan fingerprint density at radius 1 is 1.14 bits per heavy atom. The Morgan fingerprint density at radius 3 is 2.60 bits per heavy atom. The third kappa shape index (κ3) is 4.70. The summed E-state index contributed by atoms with van der Waals surface area (Å²) in [5, 5.41) is 17.3. The molecule has 3 aliphatic rings. The van der Waals surface area contributed by atoms with Gasteiger partial charge >= 0.3 is 0 Å². The van der Waals surface area contributed by atoms with E-state index in [2.05, 4.69) is 20.6 Å². The molecular formula is C24H24ClF3N4O3. The minimum Gasteiger partial charge on any atom is -0.484 e. The number of nitrogens with one attached hydrogen (secondary N) is 3. The van der Waals surface area contributed by atoms with E-state index >= 15 is 0 Å². The Kier molecular flexibility index (Phi) is 6.14. The van der Waals surface area contributed by atoms with Crippen molar-refractivity contribution in [1.82, 2.24) is 20.6 Å². The van der Waals surface area contributed by atoms with Crippen LogP contribution >= 0.6 is 11.6 Å². The minimum absolute atomic E-state index is 0.0339. The number of fused-ring (bicyclic) bond motifs is 4. The van der Waals surface area contributed by atoms with Gasteiger partial charge in [-0.05, 0) is 44.2 Å². The van der Waals surface area contributed by atoms with Crippen LogP contribution in [0.25, 0.3) is 11.0 Å². The van der Waals surface area contributed by atoms with Crippen LogP contribution in [0.2, 0.25) is 5.02 Å². The minimum atomic E-state index is -0.950. The van der Waals surface area contributed by atoms with Crippen molar-refractivity contribution in [1.29, 1.82) is 0 Å². The number of nitrogens with zero attached hydrogens (tertiary/aromatic N) is 1. The van der Waals surface area contributed by atoms with Crippen LogP contribution in [-0.2, 0) is 11.3 Å². The maximum atomic E-state index is 13.6. The molecule has 1 aromatic heterocycles. The molecule has 3 aliphatic carbocycles. The van der Waals surface area contributed by atoms with Crippen molar-refractivity contribution in [2.75, 3.05) is 6.61 Å². The van der Waals surface area contributed by atoms with E-state index in [1.165, 1.54) is 12.1 Å². The number of H-pyrrole nitrogens is 1. The summed E-state index contributed by atoms with van der Waals surface area (Å²) in [6, 6.07) is 6.07. The number of hydrogen-bond acceptors (Lipinski definition) is 5. The molecule has 3 aromatic rings. The standard InChI is InChI=1S/C24H24ClF3N4O3/c25-14-2-1-13(7-15(14)26)35-12-22(34)32-24-5-3-23(4-6-24,10-20(24)33)29-11-21-30-18-8-16(27)17(28)9-19(18)31-21/h1-2,7-9,20,29,33H,3-6,10-12H2,(H,30,31)(H,32,34)/t20-,23?,24?/m0/s1. The zero-order valence-corrected chi connectivity index (χ0v) is 19.4. The van der Waals surface area contributed by atoms with Gasteiger partial charge < -0.3 is 25.5 Å². The Morgan fingerprint density at radius 2 is 1.89 bits per heavy atom. The molecule has 3 fully saturated rings. The molecule has 1 amide bonds. The number of rotatable bonds is 7. The van der Waals surface area contributed by atoms with E-state index in [0.29, 0.717) is 42.7 Å². The zero-order chi connectivity index (χ0) is 24.8. The van der Waals surface area contributed by atoms with Crippen LogP contribution in [-0.4, -0.2) is 44.8 Å². The number of aromatic nitrogens is 2. The number of carbonyl (C=O) groups is 1. The first-order valence-corrected chi connectivity index (χ1v) is 11.7. The zero-order valence-electron chi connectivity index (χ0n) is 18.6. The first kappa shape index (κ1) is 23.9. The van der Waals surface area contributed by atoms with Gasteiger partial charge in [0.15, 0.2) is 18.2 Å². The molecule has 11 heteroatoms. The molecule has 1 atom stereocenters. The number of halogens is 4. The van der Waals surface area contributed by atoms with E-state index in [4.69, 9.17) is 16.3 Å². The molecule has 0 aliphatic heterocycles. The smallest absolute Gasteiger partial charge is 0.258 e. The van der Waals surface area contributed by atoms with E-state index in [1.54, 1.807) is 0 Å². The van der Waals surface area contributed by atoms with Crippen LogP contribution in [0, 0.1) is 17.5 Å². The Labute approximate surface area is 204 Å². The first-order valence-electron chi connectivity index (χ1n) is 11.3. The van der Waals surface area contributed by atoms with E-state index in [0.717, 1.165) is 31.0 Å². The number of imidazole rings is 1. The average Bonchev–Trinajstić information content (AvgIpc) is 3.22. The summed E-state index contributed by atoms with van der Waals surface area (Å²) in [7, 11) is 0. The van der Waals surface area contributed by atoms with Crippen LogP contribution in [0.5, 0.6) is 5.75 Å². The quantitative estimate of drug-likeness (QED) is 0.390. The predicted octanol–water partition coefficient (Wildman–Crippen LogP) is 3.73. The van der Waals surface area contributed by atoms with Gasteiger partial charge in [0.1, 0.15) is 17.4 Å². The van der Waals surface area contributed by atoms with Crippen molar-refractivity contribution in [3.05, 3.63) is 58.6 Å². The van der Waals surface area contributed by atoms with Crippen LogP contribution < -0.4 is 15.4 Å². The summed E-state index contributed by atoms with van der Waals surface area (Å²) in [4.78, 5) is 19.8. The van der Waals surface area contributed by atoms with E-state index in [1.807, 2.05) is 0 Å². The number of aromatic amines is 1. The lowest BCUT2D eigenvalue weighted by Crippen LogP contribution is -2.69. The topological polar surface area (TPSA) is 99.3 Å². The van der Waals surface area contributed by atoms with E-state index < -0.39 is 35.0 Å². The van der Waals surface area contributed by atoms with Crippen molar-refractivity contribution in [2.45, 2.75) is 55.8 Å². The normalized spacial score (nSPS) is 25.7. The van der Waals surface area contributed by atoms with Gasteiger partial charge in [0.2, 0.25) is 0 Å². The number of aliphatic hydroxyl groups excluding tert-OH is 1. The molecule has 3 saturated carbocycles. The summed E-state index contributed by atoms with van der Waals surface area (Å²) in [5.74, 6) is -2.19. The lowest BCUT2D eigenvalue weighted by molar-refractivity contribution is -0.132. The van der Waals surface area contributed by atoms with Crippen molar-refractivity contribution in [3.63, 3.8) is 0 Å². The van der Waals surface area contributed by atoms with Gasteiger partial charge in [-0.2, -0.15) is 0 Å². The number of amides is 1. The highest BCUT2D eigenvalue weighted by Gasteiger charge is 2.54. The third-order valence-electron chi connectivity index (χ3n) is 7.17. The van der Waals surface area contributed by atoms with Crippen LogP contribution in [0.15, 0.2) is 30.3 Å². The van der Waals surface area contributed by atoms with Crippen LogP contribution in [0.3, 0.4) is 0 Å². The molecule has 0 unspecified atom stereocenters. The molecule has 2 aromatic carbocycles. The second kappa shape index (κ2) is 9.00. The van der Waals surface area contributed by atoms with Gasteiger partial charge in [-0.15, -0.1) is 0 Å². The maximum absolute atomic E-state index is 13.6. The molecule has 2 bridgehead atoms. The monoisotopic (exact) mass is 508 g/mol. The Hall–Kier alpha value is -2.82. The fraction of sp³-hybridized carbons (Fsp3) is 0.417. The second-order valence-electron chi connectivity index (χ2n) is 9.39. The molecule has 0 saturated heterocycles. The number of carbonyl (C=O) groups excluding carboxylic acids is 1. The van der Waals surface area contributed by atoms with E-state index in [9.17, 15) is 23.1 Å². The molecule has 4 N–H and O–H groups in total. The highest BCUT2D eigenvalue weighted by Crippen LogP contribution is 2.47. The van der Waals surface area contributed by atoms with Gasteiger partial charge in [-0.25, -0.2) is 18.2 Å². The molecule has 7 nitrogen and oxygen atoms in total.